The van der Waals surface area contributed by atoms with Crippen LogP contribution in [-0.4, -0.2) is 60.1 Å². The summed E-state index contributed by atoms with van der Waals surface area (Å²) < 4.78 is 9.70. The van der Waals surface area contributed by atoms with E-state index in [4.69, 9.17) is 4.74 Å². The topological polar surface area (TPSA) is 58.6 Å². The van der Waals surface area contributed by atoms with Crippen LogP contribution in [0.15, 0.2) is 30.3 Å². The normalized spacial score (nSPS) is 10.7. The fraction of sp³-hybridized carbons (Fsp3) is 0.526. The molecule has 2 aromatic rings. The lowest BCUT2D eigenvalue weighted by Crippen LogP contribution is -2.35. The van der Waals surface area contributed by atoms with E-state index in [0.29, 0.717) is 32.5 Å². The van der Waals surface area contributed by atoms with Crippen LogP contribution < -0.4 is 4.90 Å². The van der Waals surface area contributed by atoms with Crippen molar-refractivity contribution in [1.29, 1.82) is 0 Å². The van der Waals surface area contributed by atoms with Gasteiger partial charge in [-0.25, -0.2) is 4.98 Å². The molecule has 1 heterocycles. The van der Waals surface area contributed by atoms with Gasteiger partial charge in [-0.05, 0) is 19.4 Å². The lowest BCUT2D eigenvalue weighted by molar-refractivity contribution is -0.130. The first-order chi connectivity index (χ1) is 12.7. The van der Waals surface area contributed by atoms with Gasteiger partial charge in [0.05, 0.1) is 6.61 Å². The maximum Gasteiger partial charge on any atom is 0.224 e. The number of benzene rings is 1. The van der Waals surface area contributed by atoms with Crippen molar-refractivity contribution in [3.63, 3.8) is 0 Å². The molecule has 26 heavy (non-hydrogen) atoms. The molecule has 7 heteroatoms. The number of aromatic nitrogens is 2. The second-order valence-corrected chi connectivity index (χ2v) is 6.68. The molecule has 0 saturated carbocycles. The molecule has 0 bridgehead atoms. The minimum absolute atomic E-state index is 0.173. The summed E-state index contributed by atoms with van der Waals surface area (Å²) in [5.74, 6) is 0.986. The van der Waals surface area contributed by atoms with Crippen molar-refractivity contribution in [3.8, 4) is 0 Å². The standard InChI is InChI=1S/C19H28N4O2S/c1-4-22(5-2)18(24)11-12-23(13-14-25-3)19-20-17(21-26-19)15-16-9-7-6-8-10-16/h6-10H,4-5,11-15H2,1-3H3. The monoisotopic (exact) mass is 376 g/mol. The van der Waals surface area contributed by atoms with Gasteiger partial charge < -0.3 is 14.5 Å². The molecule has 1 aromatic heterocycles. The van der Waals surface area contributed by atoms with Crippen LogP contribution in [0.3, 0.4) is 0 Å². The maximum absolute atomic E-state index is 12.3. The average molecular weight is 377 g/mol. The van der Waals surface area contributed by atoms with E-state index >= 15 is 0 Å². The molecular weight excluding hydrogens is 348 g/mol. The Balaban J connectivity index is 2.00. The second-order valence-electron chi connectivity index (χ2n) is 5.95. The van der Waals surface area contributed by atoms with Crippen molar-refractivity contribution in [3.05, 3.63) is 41.7 Å². The number of rotatable bonds is 11. The van der Waals surface area contributed by atoms with Crippen LogP contribution in [0.5, 0.6) is 0 Å². The molecule has 0 aliphatic rings. The highest BCUT2D eigenvalue weighted by atomic mass is 32.1. The minimum atomic E-state index is 0.173. The van der Waals surface area contributed by atoms with Crippen LogP contribution in [0.25, 0.3) is 0 Å². The zero-order chi connectivity index (χ0) is 18.8. The summed E-state index contributed by atoms with van der Waals surface area (Å²) in [6.07, 6.45) is 1.19. The fourth-order valence-corrected chi connectivity index (χ4v) is 3.43. The van der Waals surface area contributed by atoms with Gasteiger partial charge in [0.25, 0.3) is 0 Å². The van der Waals surface area contributed by atoms with Gasteiger partial charge in [-0.3, -0.25) is 4.79 Å². The first-order valence-corrected chi connectivity index (χ1v) is 9.83. The summed E-state index contributed by atoms with van der Waals surface area (Å²) in [4.78, 5) is 20.9. The molecule has 0 aliphatic heterocycles. The van der Waals surface area contributed by atoms with Crippen LogP contribution >= 0.6 is 11.5 Å². The highest BCUT2D eigenvalue weighted by molar-refractivity contribution is 7.09. The third kappa shape index (κ3) is 6.07. The Kier molecular flexibility index (Phi) is 8.50. The van der Waals surface area contributed by atoms with Crippen molar-refractivity contribution in [1.82, 2.24) is 14.3 Å². The highest BCUT2D eigenvalue weighted by Gasteiger charge is 2.16. The molecule has 0 N–H and O–H groups in total. The van der Waals surface area contributed by atoms with Gasteiger partial charge in [0.1, 0.15) is 5.82 Å². The number of carbonyl (C=O) groups is 1. The minimum Gasteiger partial charge on any atom is -0.383 e. The van der Waals surface area contributed by atoms with Crippen LogP contribution in [0, 0.1) is 0 Å². The highest BCUT2D eigenvalue weighted by Crippen LogP contribution is 2.19. The number of carbonyl (C=O) groups excluding carboxylic acids is 1. The van der Waals surface area contributed by atoms with E-state index in [1.54, 1.807) is 7.11 Å². The summed E-state index contributed by atoms with van der Waals surface area (Å²) in [5.41, 5.74) is 1.19. The second kappa shape index (κ2) is 10.9. The van der Waals surface area contributed by atoms with E-state index in [1.165, 1.54) is 17.1 Å². The molecule has 1 amide bonds. The van der Waals surface area contributed by atoms with Crippen molar-refractivity contribution in [2.24, 2.45) is 0 Å². The van der Waals surface area contributed by atoms with Gasteiger partial charge >= 0.3 is 0 Å². The predicted molar refractivity (Wildman–Crippen MR) is 106 cm³/mol. The van der Waals surface area contributed by atoms with Gasteiger partial charge in [-0.2, -0.15) is 4.37 Å². The summed E-state index contributed by atoms with van der Waals surface area (Å²) in [6.45, 7) is 7.41. The van der Waals surface area contributed by atoms with Gasteiger partial charge in [-0.1, -0.05) is 30.3 Å². The molecule has 2 rings (SSSR count). The summed E-state index contributed by atoms with van der Waals surface area (Å²) in [7, 11) is 1.68. The fourth-order valence-electron chi connectivity index (χ4n) is 2.69. The van der Waals surface area contributed by atoms with Crippen molar-refractivity contribution in [2.75, 3.05) is 44.8 Å². The van der Waals surface area contributed by atoms with E-state index in [2.05, 4.69) is 26.4 Å². The number of anilines is 1. The van der Waals surface area contributed by atoms with Gasteiger partial charge in [0.2, 0.25) is 11.0 Å². The SMILES string of the molecule is CCN(CC)C(=O)CCN(CCOC)c1nc(Cc2ccccc2)ns1. The van der Waals surface area contributed by atoms with Crippen molar-refractivity contribution < 1.29 is 9.53 Å². The van der Waals surface area contributed by atoms with Crippen LogP contribution in [0.2, 0.25) is 0 Å². The molecule has 0 aliphatic carbocycles. The molecule has 6 nitrogen and oxygen atoms in total. The number of methoxy groups -OCH3 is 1. The quantitative estimate of drug-likeness (QED) is 0.604. The molecular formula is C19H28N4O2S. The average Bonchev–Trinajstić information content (AvgIpc) is 3.12. The van der Waals surface area contributed by atoms with Gasteiger partial charge in [0, 0.05) is 57.7 Å². The third-order valence-corrected chi connectivity index (χ3v) is 5.02. The Morgan fingerprint density at radius 3 is 2.54 bits per heavy atom. The Labute approximate surface area is 160 Å². The summed E-state index contributed by atoms with van der Waals surface area (Å²) in [6, 6.07) is 10.2. The maximum atomic E-state index is 12.3. The zero-order valence-electron chi connectivity index (χ0n) is 15.9. The zero-order valence-corrected chi connectivity index (χ0v) is 16.7. The van der Waals surface area contributed by atoms with E-state index in [0.717, 1.165) is 24.0 Å². The number of hydrogen-bond donors (Lipinski definition) is 0. The van der Waals surface area contributed by atoms with Crippen LogP contribution in [-0.2, 0) is 16.0 Å². The lowest BCUT2D eigenvalue weighted by Gasteiger charge is -2.23. The van der Waals surface area contributed by atoms with Crippen LogP contribution in [0.1, 0.15) is 31.7 Å². The molecule has 0 unspecified atom stereocenters. The molecule has 0 fully saturated rings. The number of hydrogen-bond acceptors (Lipinski definition) is 6. The summed E-state index contributed by atoms with van der Waals surface area (Å²) >= 11 is 1.38. The molecule has 0 spiro atoms. The van der Waals surface area contributed by atoms with Gasteiger partial charge in [0.15, 0.2) is 0 Å². The van der Waals surface area contributed by atoms with E-state index in [-0.39, 0.29) is 5.91 Å². The smallest absolute Gasteiger partial charge is 0.224 e. The Hall–Kier alpha value is -1.99. The van der Waals surface area contributed by atoms with E-state index in [9.17, 15) is 4.79 Å². The molecule has 142 valence electrons. The van der Waals surface area contributed by atoms with E-state index in [1.807, 2.05) is 36.9 Å². The lowest BCUT2D eigenvalue weighted by atomic mass is 10.1. The first kappa shape index (κ1) is 20.3. The Bertz CT molecular complexity index is 659. The van der Waals surface area contributed by atoms with Crippen molar-refractivity contribution >= 4 is 22.6 Å². The molecule has 1 aromatic carbocycles. The Morgan fingerprint density at radius 1 is 1.15 bits per heavy atom. The first-order valence-electron chi connectivity index (χ1n) is 9.06. The molecule has 0 atom stereocenters. The predicted octanol–water partition coefficient (Wildman–Crippen LogP) is 2.84. The van der Waals surface area contributed by atoms with Crippen molar-refractivity contribution in [2.45, 2.75) is 26.7 Å². The summed E-state index contributed by atoms with van der Waals surface area (Å²) in [5, 5.41) is 0.848. The van der Waals surface area contributed by atoms with Gasteiger partial charge in [-0.15, -0.1) is 0 Å². The number of ether oxygens (including phenoxy) is 1. The molecule has 0 radical (unpaired) electrons. The molecule has 0 saturated heterocycles. The Morgan fingerprint density at radius 2 is 1.88 bits per heavy atom. The largest absolute Gasteiger partial charge is 0.383 e. The number of amides is 1. The van der Waals surface area contributed by atoms with Crippen LogP contribution in [0.4, 0.5) is 5.13 Å². The number of nitrogens with zero attached hydrogens (tertiary/aromatic N) is 4. The van der Waals surface area contributed by atoms with E-state index < -0.39 is 0 Å². The third-order valence-electron chi connectivity index (χ3n) is 4.21.